The van der Waals surface area contributed by atoms with Crippen LogP contribution in [-0.2, 0) is 9.22 Å². The number of rotatable bonds is 9. The smallest absolute Gasteiger partial charge is 0.341 e. The standard InChI is InChI=1S/C32H35O6Si/c1-5-19-32(38-39(22-13-8-6-9-14-22)23-15-10-7-11-16-23)27(31(2,3)4)20-26-30(32)37-25-18-12-17-24(29(25)36-26)35-21-28(33)34/h5-18,26-27,30H,1,19-21H2,2-4H3,(H,33,34)/t26-,27+,30+,32+/m0/s1. The number of aliphatic carboxylic acids is 1. The summed E-state index contributed by atoms with van der Waals surface area (Å²) in [5, 5.41) is 11.5. The quantitative estimate of drug-likeness (QED) is 0.307. The molecule has 1 aliphatic heterocycles. The van der Waals surface area contributed by atoms with E-state index >= 15 is 0 Å². The number of carboxylic acid groups (broad SMARTS) is 1. The van der Waals surface area contributed by atoms with Crippen LogP contribution in [0.15, 0.2) is 91.5 Å². The molecule has 0 bridgehead atoms. The summed E-state index contributed by atoms with van der Waals surface area (Å²) < 4.78 is 26.4. The van der Waals surface area contributed by atoms with Crippen molar-refractivity contribution < 1.29 is 28.5 Å². The van der Waals surface area contributed by atoms with Gasteiger partial charge in [0, 0.05) is 0 Å². The van der Waals surface area contributed by atoms with Gasteiger partial charge in [-0.25, -0.2) is 4.79 Å². The highest BCUT2D eigenvalue weighted by atomic mass is 28.3. The molecule has 0 amide bonds. The van der Waals surface area contributed by atoms with E-state index in [1.165, 1.54) is 0 Å². The molecule has 7 heteroatoms. The third-order valence-electron chi connectivity index (χ3n) is 7.57. The lowest BCUT2D eigenvalue weighted by atomic mass is 9.70. The fourth-order valence-electron chi connectivity index (χ4n) is 5.99. The predicted octanol–water partition coefficient (Wildman–Crippen LogP) is 4.86. The van der Waals surface area contributed by atoms with Crippen molar-refractivity contribution in [3.05, 3.63) is 91.5 Å². The Balaban J connectivity index is 1.60. The first-order valence-electron chi connectivity index (χ1n) is 13.3. The summed E-state index contributed by atoms with van der Waals surface area (Å²) >= 11 is 0. The zero-order chi connectivity index (χ0) is 27.6. The van der Waals surface area contributed by atoms with Gasteiger partial charge >= 0.3 is 5.97 Å². The summed E-state index contributed by atoms with van der Waals surface area (Å²) in [6, 6.07) is 26.2. The SMILES string of the molecule is C=CC[C@]1(O[Si](c2ccccc2)c2ccccc2)[C@@H]2Oc3cccc(OCC(=O)O)c3O[C@H]2C[C@@H]1C(C)(C)C. The zero-order valence-electron chi connectivity index (χ0n) is 22.6. The molecule has 1 saturated carbocycles. The highest BCUT2D eigenvalue weighted by molar-refractivity contribution is 6.80. The maximum absolute atomic E-state index is 11.2. The Labute approximate surface area is 231 Å². The van der Waals surface area contributed by atoms with Crippen LogP contribution in [0.1, 0.15) is 33.6 Å². The van der Waals surface area contributed by atoms with E-state index in [-0.39, 0.29) is 17.4 Å². The maximum atomic E-state index is 11.2. The van der Waals surface area contributed by atoms with Crippen molar-refractivity contribution in [2.45, 2.75) is 51.4 Å². The molecule has 3 aromatic rings. The van der Waals surface area contributed by atoms with Gasteiger partial charge in [-0.3, -0.25) is 0 Å². The van der Waals surface area contributed by atoms with Crippen LogP contribution < -0.4 is 24.6 Å². The van der Waals surface area contributed by atoms with Crippen LogP contribution in [0.4, 0.5) is 0 Å². The Kier molecular flexibility index (Phi) is 7.56. The van der Waals surface area contributed by atoms with E-state index < -0.39 is 33.3 Å². The molecular weight excluding hydrogens is 508 g/mol. The number of hydrogen-bond acceptors (Lipinski definition) is 5. The normalized spacial score (nSPS) is 23.7. The second kappa shape index (κ2) is 10.9. The first-order valence-corrected chi connectivity index (χ1v) is 14.7. The van der Waals surface area contributed by atoms with E-state index in [9.17, 15) is 4.79 Å². The van der Waals surface area contributed by atoms with Crippen LogP contribution in [0.5, 0.6) is 17.2 Å². The lowest BCUT2D eigenvalue weighted by molar-refractivity contribution is -0.139. The summed E-state index contributed by atoms with van der Waals surface area (Å²) in [5.41, 5.74) is -0.831. The van der Waals surface area contributed by atoms with Crippen LogP contribution in [0.3, 0.4) is 0 Å². The Morgan fingerprint density at radius 1 is 1.03 bits per heavy atom. The van der Waals surface area contributed by atoms with Crippen molar-refractivity contribution in [3.8, 4) is 17.2 Å². The fourth-order valence-corrected chi connectivity index (χ4v) is 8.28. The molecule has 1 radical (unpaired) electrons. The van der Waals surface area contributed by atoms with Crippen molar-refractivity contribution in [1.82, 2.24) is 0 Å². The van der Waals surface area contributed by atoms with Gasteiger partial charge in [0.1, 0.15) is 11.7 Å². The van der Waals surface area contributed by atoms with Gasteiger partial charge in [-0.2, -0.15) is 0 Å². The minimum Gasteiger partial charge on any atom is -0.479 e. The van der Waals surface area contributed by atoms with Crippen molar-refractivity contribution >= 4 is 25.4 Å². The molecule has 1 N–H and O–H groups in total. The Bertz CT molecular complexity index is 1270. The van der Waals surface area contributed by atoms with E-state index in [0.717, 1.165) is 10.4 Å². The number of ether oxygens (including phenoxy) is 3. The molecule has 3 aromatic carbocycles. The summed E-state index contributed by atoms with van der Waals surface area (Å²) in [6.07, 6.45) is 2.55. The van der Waals surface area contributed by atoms with Crippen molar-refractivity contribution in [2.24, 2.45) is 11.3 Å². The van der Waals surface area contributed by atoms with Gasteiger partial charge in [-0.15, -0.1) is 6.58 Å². The third kappa shape index (κ3) is 5.34. The van der Waals surface area contributed by atoms with E-state index in [1.807, 2.05) is 24.3 Å². The Hall–Kier alpha value is -3.55. The lowest BCUT2D eigenvalue weighted by Gasteiger charge is -2.47. The second-order valence-electron chi connectivity index (χ2n) is 11.2. The summed E-state index contributed by atoms with van der Waals surface area (Å²) in [4.78, 5) is 11.2. The van der Waals surface area contributed by atoms with Crippen LogP contribution in [0.2, 0.25) is 0 Å². The molecule has 0 spiro atoms. The van der Waals surface area contributed by atoms with Crippen LogP contribution in [0, 0.1) is 11.3 Å². The molecular formula is C32H35O6Si. The molecule has 0 unspecified atom stereocenters. The highest BCUT2D eigenvalue weighted by Crippen LogP contribution is 2.56. The fraction of sp³-hybridized carbons (Fsp3) is 0.344. The van der Waals surface area contributed by atoms with Gasteiger partial charge in [0.25, 0.3) is 9.04 Å². The Morgan fingerprint density at radius 2 is 1.67 bits per heavy atom. The first-order chi connectivity index (χ1) is 18.7. The minimum atomic E-state index is -1.68. The monoisotopic (exact) mass is 543 g/mol. The van der Waals surface area contributed by atoms with Gasteiger partial charge in [-0.1, -0.05) is 93.6 Å². The molecule has 0 saturated heterocycles. The molecule has 4 atom stereocenters. The van der Waals surface area contributed by atoms with Gasteiger partial charge in [0.15, 0.2) is 24.2 Å². The average molecular weight is 544 g/mol. The molecule has 2 aliphatic rings. The number of benzene rings is 3. The van der Waals surface area contributed by atoms with Gasteiger partial charge in [0.05, 0.1) is 0 Å². The Morgan fingerprint density at radius 3 is 2.23 bits per heavy atom. The summed E-state index contributed by atoms with van der Waals surface area (Å²) in [5.74, 6) is 0.368. The second-order valence-corrected chi connectivity index (χ2v) is 13.2. The number of para-hydroxylation sites is 1. The van der Waals surface area contributed by atoms with Crippen molar-refractivity contribution in [3.63, 3.8) is 0 Å². The average Bonchev–Trinajstić information content (AvgIpc) is 3.24. The van der Waals surface area contributed by atoms with E-state index in [4.69, 9.17) is 23.7 Å². The summed E-state index contributed by atoms with van der Waals surface area (Å²) in [6.45, 7) is 10.4. The number of hydrogen-bond donors (Lipinski definition) is 1. The summed E-state index contributed by atoms with van der Waals surface area (Å²) in [7, 11) is -1.68. The lowest BCUT2D eigenvalue weighted by Crippen LogP contribution is -2.61. The maximum Gasteiger partial charge on any atom is 0.341 e. The van der Waals surface area contributed by atoms with Crippen LogP contribution in [0.25, 0.3) is 0 Å². The molecule has 0 aromatic heterocycles. The van der Waals surface area contributed by atoms with Gasteiger partial charge in [0.2, 0.25) is 5.75 Å². The largest absolute Gasteiger partial charge is 0.479 e. The molecule has 1 heterocycles. The first kappa shape index (κ1) is 27.0. The predicted molar refractivity (Wildman–Crippen MR) is 153 cm³/mol. The number of carboxylic acids is 1. The van der Waals surface area contributed by atoms with Crippen LogP contribution in [-0.4, -0.2) is 44.5 Å². The van der Waals surface area contributed by atoms with E-state index in [0.29, 0.717) is 30.1 Å². The molecule has 6 nitrogen and oxygen atoms in total. The van der Waals surface area contributed by atoms with E-state index in [2.05, 4.69) is 75.9 Å². The van der Waals surface area contributed by atoms with Gasteiger partial charge < -0.3 is 23.7 Å². The minimum absolute atomic E-state index is 0.0862. The molecule has 1 fully saturated rings. The number of carbonyl (C=O) groups is 1. The van der Waals surface area contributed by atoms with Crippen molar-refractivity contribution in [2.75, 3.05) is 6.61 Å². The topological polar surface area (TPSA) is 74.2 Å². The molecule has 1 aliphatic carbocycles. The van der Waals surface area contributed by atoms with Crippen LogP contribution >= 0.6 is 0 Å². The molecule has 5 rings (SSSR count). The molecule has 39 heavy (non-hydrogen) atoms. The number of fused-ring (bicyclic) bond motifs is 2. The van der Waals surface area contributed by atoms with Crippen molar-refractivity contribution in [1.29, 1.82) is 0 Å². The van der Waals surface area contributed by atoms with Gasteiger partial charge in [-0.05, 0) is 46.7 Å². The third-order valence-corrected chi connectivity index (χ3v) is 9.87. The highest BCUT2D eigenvalue weighted by Gasteiger charge is 2.63. The molecule has 203 valence electrons. The zero-order valence-corrected chi connectivity index (χ0v) is 23.6. The van der Waals surface area contributed by atoms with E-state index in [1.54, 1.807) is 12.1 Å².